The summed E-state index contributed by atoms with van der Waals surface area (Å²) in [6, 6.07) is 7.54. The number of ether oxygens (including phenoxy) is 2. The fourth-order valence-corrected chi connectivity index (χ4v) is 7.82. The number of alkyl halides is 1. The van der Waals surface area contributed by atoms with Crippen molar-refractivity contribution in [1.29, 1.82) is 0 Å². The molecule has 0 aromatic heterocycles. The summed E-state index contributed by atoms with van der Waals surface area (Å²) in [6.07, 6.45) is 6.44. The first-order chi connectivity index (χ1) is 21.2. The second kappa shape index (κ2) is 15.3. The largest absolute Gasteiger partial charge is 0.463 e. The van der Waals surface area contributed by atoms with Crippen molar-refractivity contribution >= 4 is 39.6 Å². The highest BCUT2D eigenvalue weighted by molar-refractivity contribution is 9.09. The van der Waals surface area contributed by atoms with Gasteiger partial charge in [0.15, 0.2) is 0 Å². The Morgan fingerprint density at radius 2 is 2.00 bits per heavy atom. The average molecular weight is 675 g/mol. The molecule has 3 aliphatic heterocycles. The van der Waals surface area contributed by atoms with Crippen LogP contribution in [-0.4, -0.2) is 94.0 Å². The number of nitrogens with zero attached hydrogens (tertiary/aromatic N) is 2. The first-order valence-corrected chi connectivity index (χ1v) is 16.4. The van der Waals surface area contributed by atoms with E-state index in [9.17, 15) is 24.3 Å². The first kappa shape index (κ1) is 33.9. The molecule has 11 heteroatoms. The topological polar surface area (TPSA) is 125 Å². The Morgan fingerprint density at radius 1 is 1.25 bits per heavy atom. The molecule has 3 saturated heterocycles. The summed E-state index contributed by atoms with van der Waals surface area (Å²) in [5.74, 6) is -3.26. The summed E-state index contributed by atoms with van der Waals surface area (Å²) in [7, 11) is 0. The van der Waals surface area contributed by atoms with E-state index in [1.165, 1.54) is 4.90 Å². The van der Waals surface area contributed by atoms with Crippen LogP contribution in [0.5, 0.6) is 0 Å². The van der Waals surface area contributed by atoms with Crippen molar-refractivity contribution < 1.29 is 33.8 Å². The van der Waals surface area contributed by atoms with E-state index >= 15 is 0 Å². The van der Waals surface area contributed by atoms with Gasteiger partial charge in [-0.3, -0.25) is 19.2 Å². The van der Waals surface area contributed by atoms with Crippen LogP contribution in [0.25, 0.3) is 0 Å². The van der Waals surface area contributed by atoms with Gasteiger partial charge in [0.05, 0.1) is 30.6 Å². The van der Waals surface area contributed by atoms with E-state index in [-0.39, 0.29) is 42.8 Å². The maximum absolute atomic E-state index is 14.2. The minimum atomic E-state index is -1.23. The van der Waals surface area contributed by atoms with Gasteiger partial charge in [0, 0.05) is 30.9 Å². The number of rotatable bonds is 17. The Morgan fingerprint density at radius 3 is 2.66 bits per heavy atom. The van der Waals surface area contributed by atoms with Crippen molar-refractivity contribution in [2.45, 2.75) is 74.1 Å². The zero-order valence-electron chi connectivity index (χ0n) is 25.4. The number of hydrogen-bond acceptors (Lipinski definition) is 7. The van der Waals surface area contributed by atoms with Crippen LogP contribution in [0.3, 0.4) is 0 Å². The van der Waals surface area contributed by atoms with Crippen molar-refractivity contribution in [2.24, 2.45) is 11.8 Å². The molecule has 10 nitrogen and oxygen atoms in total. The lowest BCUT2D eigenvalue weighted by atomic mass is 9.70. The van der Waals surface area contributed by atoms with Gasteiger partial charge < -0.3 is 29.7 Å². The van der Waals surface area contributed by atoms with Gasteiger partial charge in [-0.25, -0.2) is 0 Å². The minimum absolute atomic E-state index is 0.0486. The smallest absolute Gasteiger partial charge is 0.306 e. The van der Waals surface area contributed by atoms with E-state index in [0.717, 1.165) is 24.8 Å². The Kier molecular flexibility index (Phi) is 11.8. The van der Waals surface area contributed by atoms with Gasteiger partial charge in [0.2, 0.25) is 17.7 Å². The Bertz CT molecular complexity index is 1210. The van der Waals surface area contributed by atoms with Crippen molar-refractivity contribution in [3.8, 4) is 0 Å². The molecule has 3 heterocycles. The number of carbonyl (C=O) groups excluding carboxylic acids is 4. The molecule has 7 atom stereocenters. The van der Waals surface area contributed by atoms with Gasteiger partial charge in [0.1, 0.15) is 18.2 Å². The third kappa shape index (κ3) is 6.79. The summed E-state index contributed by atoms with van der Waals surface area (Å²) >= 11 is 3.69. The monoisotopic (exact) mass is 673 g/mol. The fraction of sp³-hybridized carbons (Fsp3) is 0.576. The number of amides is 3. The molecule has 0 aliphatic carbocycles. The number of unbranched alkanes of at least 4 members (excludes halogenated alkanes) is 2. The zero-order valence-corrected chi connectivity index (χ0v) is 27.0. The molecule has 3 amide bonds. The number of fused-ring (bicyclic) bond motifs is 1. The number of nitrogens with one attached hydrogen (secondary N) is 1. The van der Waals surface area contributed by atoms with Crippen molar-refractivity contribution in [3.63, 3.8) is 0 Å². The van der Waals surface area contributed by atoms with Gasteiger partial charge >= 0.3 is 5.97 Å². The molecule has 4 rings (SSSR count). The van der Waals surface area contributed by atoms with Crippen LogP contribution in [0.2, 0.25) is 0 Å². The molecule has 1 aromatic rings. The summed E-state index contributed by atoms with van der Waals surface area (Å²) in [6.45, 7) is 9.89. The number of carbonyl (C=O) groups is 4. The maximum Gasteiger partial charge on any atom is 0.306 e. The molecular weight excluding hydrogens is 630 g/mol. The maximum atomic E-state index is 14.2. The van der Waals surface area contributed by atoms with Crippen LogP contribution < -0.4 is 5.32 Å². The van der Waals surface area contributed by atoms with Crippen LogP contribution in [0.1, 0.15) is 57.1 Å². The molecule has 1 aromatic carbocycles. The predicted molar refractivity (Wildman–Crippen MR) is 169 cm³/mol. The number of likely N-dealkylation sites (tertiary alicyclic amines) is 1. The van der Waals surface area contributed by atoms with Gasteiger partial charge in [0.25, 0.3) is 0 Å². The highest BCUT2D eigenvalue weighted by Gasteiger charge is 2.76. The first-order valence-electron chi connectivity index (χ1n) is 15.5. The second-order valence-corrected chi connectivity index (χ2v) is 12.9. The third-order valence-electron chi connectivity index (χ3n) is 8.84. The quantitative estimate of drug-likeness (QED) is 0.113. The minimum Gasteiger partial charge on any atom is -0.463 e. The Hall–Kier alpha value is -3.02. The molecule has 44 heavy (non-hydrogen) atoms. The van der Waals surface area contributed by atoms with Gasteiger partial charge in [-0.15, -0.1) is 13.2 Å². The lowest BCUT2D eigenvalue weighted by molar-refractivity contribution is -0.148. The van der Waals surface area contributed by atoms with Crippen LogP contribution in [-0.2, 0) is 28.7 Å². The van der Waals surface area contributed by atoms with Crippen molar-refractivity contribution in [2.75, 3.05) is 32.8 Å². The van der Waals surface area contributed by atoms with E-state index < -0.39 is 47.5 Å². The number of aliphatic hydroxyl groups excluding tert-OH is 1. The molecule has 1 unspecified atom stereocenters. The molecule has 3 aliphatic rings. The van der Waals surface area contributed by atoms with Gasteiger partial charge in [-0.2, -0.15) is 0 Å². The highest BCUT2D eigenvalue weighted by atomic mass is 79.9. The average Bonchev–Trinajstić information content (AvgIpc) is 3.61. The van der Waals surface area contributed by atoms with Crippen LogP contribution in [0.4, 0.5) is 0 Å². The standard InChI is InChI=1S/C33H44BrN3O7/c1-4-7-12-17-36(16-6-3)32(42)29-33-20-23(34)28(44-33)26(27(33)31(41)37(29)18-19-38)30(40)35-24(22-13-10-9-11-14-22)21-43-25(39)15-8-5-2/h5-6,9-11,13-14,23-24,26-29,38H,2-4,7-8,12,15-21H2,1H3,(H,35,40)/t23?,24-,26-,27+,28-,29-,33+/m0/s1. The zero-order chi connectivity index (χ0) is 31.9. The Labute approximate surface area is 267 Å². The number of allylic oxidation sites excluding steroid dienone is 1. The molecule has 1 spiro atoms. The van der Waals surface area contributed by atoms with Crippen molar-refractivity contribution in [3.05, 3.63) is 61.2 Å². The summed E-state index contributed by atoms with van der Waals surface area (Å²) in [5, 5.41) is 12.9. The predicted octanol–water partition coefficient (Wildman–Crippen LogP) is 3.30. The summed E-state index contributed by atoms with van der Waals surface area (Å²) in [4.78, 5) is 57.5. The van der Waals surface area contributed by atoms with Gasteiger partial charge in [-0.05, 0) is 24.8 Å². The third-order valence-corrected chi connectivity index (χ3v) is 9.69. The van der Waals surface area contributed by atoms with Crippen LogP contribution in [0.15, 0.2) is 55.6 Å². The number of hydrogen-bond donors (Lipinski definition) is 2. The van der Waals surface area contributed by atoms with Crippen molar-refractivity contribution in [1.82, 2.24) is 15.1 Å². The van der Waals surface area contributed by atoms with E-state index in [0.29, 0.717) is 25.9 Å². The number of esters is 1. The van der Waals surface area contributed by atoms with E-state index in [1.54, 1.807) is 17.1 Å². The van der Waals surface area contributed by atoms with Crippen LogP contribution in [0, 0.1) is 11.8 Å². The molecule has 0 radical (unpaired) electrons. The lowest BCUT2D eigenvalue weighted by Crippen LogP contribution is -2.57. The Balaban J connectivity index is 1.62. The SMILES string of the molecule is C=CCCC(=O)OC[C@H](NC(=O)[C@@H]1[C@H]2O[C@@]3(CC2Br)[C@H](C(=O)N(CC=C)CCCCC)N(CCO)C(=O)[C@@H]13)c1ccccc1. The normalized spacial score (nSPS) is 27.5. The number of benzene rings is 1. The molecule has 3 fully saturated rings. The van der Waals surface area contributed by atoms with E-state index in [1.807, 2.05) is 30.3 Å². The lowest BCUT2D eigenvalue weighted by Gasteiger charge is -2.37. The summed E-state index contributed by atoms with van der Waals surface area (Å²) in [5.41, 5.74) is -0.486. The number of β-amino-alcohol motifs (C(OH)–C–C–N with tert-alkyl or cyclic N) is 1. The molecule has 2 N–H and O–H groups in total. The van der Waals surface area contributed by atoms with Crippen LogP contribution >= 0.6 is 15.9 Å². The number of halogens is 1. The van der Waals surface area contributed by atoms with E-state index in [2.05, 4.69) is 41.3 Å². The second-order valence-electron chi connectivity index (χ2n) is 11.7. The molecule has 0 saturated carbocycles. The fourth-order valence-electron chi connectivity index (χ4n) is 6.87. The molecule has 2 bridgehead atoms. The number of aliphatic hydroxyl groups is 1. The van der Waals surface area contributed by atoms with E-state index in [4.69, 9.17) is 9.47 Å². The molecular formula is C33H44BrN3O7. The highest BCUT2D eigenvalue weighted by Crippen LogP contribution is 2.60. The summed E-state index contributed by atoms with van der Waals surface area (Å²) < 4.78 is 12.1. The molecule has 240 valence electrons. The van der Waals surface area contributed by atoms with Gasteiger partial charge in [-0.1, -0.05) is 78.2 Å².